The molecule has 0 radical (unpaired) electrons. The van der Waals surface area contributed by atoms with Crippen LogP contribution >= 0.6 is 0 Å². The Balaban J connectivity index is 1.57. The largest absolute Gasteiger partial charge is 0.367 e. The molecule has 2 N–H and O–H groups in total. The molecule has 1 aliphatic rings. The van der Waals surface area contributed by atoms with E-state index < -0.39 is 0 Å². The summed E-state index contributed by atoms with van der Waals surface area (Å²) in [5.41, 5.74) is 2.90. The zero-order valence-corrected chi connectivity index (χ0v) is 13.7. The van der Waals surface area contributed by atoms with Crippen LogP contribution in [0.5, 0.6) is 0 Å². The molecule has 1 aromatic heterocycles. The fourth-order valence-electron chi connectivity index (χ4n) is 2.58. The van der Waals surface area contributed by atoms with Crippen LogP contribution in [0.4, 0.5) is 16.2 Å². The number of rotatable bonds is 6. The van der Waals surface area contributed by atoms with Crippen molar-refractivity contribution in [3.05, 3.63) is 72.0 Å². The monoisotopic (exact) mass is 334 g/mol. The molecular weight excluding hydrogens is 315 g/mol. The molecular formula is C20H19FN4. The van der Waals surface area contributed by atoms with Crippen LogP contribution in [0, 0.1) is 5.82 Å². The summed E-state index contributed by atoms with van der Waals surface area (Å²) in [6, 6.07) is 19.0. The summed E-state index contributed by atoms with van der Waals surface area (Å²) >= 11 is 0. The van der Waals surface area contributed by atoms with Crippen LogP contribution in [-0.4, -0.2) is 16.0 Å². The number of nitrogens with zero attached hydrogens (tertiary/aromatic N) is 2. The van der Waals surface area contributed by atoms with E-state index in [1.54, 1.807) is 12.1 Å². The van der Waals surface area contributed by atoms with Gasteiger partial charge in [0.1, 0.15) is 11.6 Å². The predicted octanol–water partition coefficient (Wildman–Crippen LogP) is 4.47. The van der Waals surface area contributed by atoms with Gasteiger partial charge >= 0.3 is 0 Å². The topological polar surface area (TPSA) is 49.8 Å². The molecule has 0 aliphatic heterocycles. The van der Waals surface area contributed by atoms with Crippen LogP contribution in [-0.2, 0) is 6.54 Å². The predicted molar refractivity (Wildman–Crippen MR) is 97.8 cm³/mol. The lowest BCUT2D eigenvalue weighted by atomic mass is 10.1. The number of aromatic nitrogens is 2. The van der Waals surface area contributed by atoms with E-state index in [0.29, 0.717) is 18.5 Å². The maximum absolute atomic E-state index is 13.0. The standard InChI is InChI=1S/C20H19FN4/c21-16-8-6-14(7-9-16)13-22-20-24-18(15-4-2-1-3-5-15)12-19(25-20)23-17-10-11-17/h1-9,12,17H,10-11,13H2,(H2,22,23,24,25). The quantitative estimate of drug-likeness (QED) is 0.698. The smallest absolute Gasteiger partial charge is 0.225 e. The number of nitrogens with one attached hydrogen (secondary N) is 2. The van der Waals surface area contributed by atoms with Crippen molar-refractivity contribution >= 4 is 11.8 Å². The van der Waals surface area contributed by atoms with Crippen LogP contribution in [0.25, 0.3) is 11.3 Å². The summed E-state index contributed by atoms with van der Waals surface area (Å²) in [6.45, 7) is 0.543. The first-order valence-corrected chi connectivity index (χ1v) is 8.46. The fourth-order valence-corrected chi connectivity index (χ4v) is 2.58. The first-order chi connectivity index (χ1) is 12.3. The molecule has 0 unspecified atom stereocenters. The Labute approximate surface area is 146 Å². The van der Waals surface area contributed by atoms with E-state index in [1.165, 1.54) is 25.0 Å². The number of hydrogen-bond acceptors (Lipinski definition) is 4. The second-order valence-corrected chi connectivity index (χ2v) is 6.23. The van der Waals surface area contributed by atoms with Gasteiger partial charge < -0.3 is 10.6 Å². The lowest BCUT2D eigenvalue weighted by Crippen LogP contribution is -2.09. The second-order valence-electron chi connectivity index (χ2n) is 6.23. The summed E-state index contributed by atoms with van der Waals surface area (Å²) in [7, 11) is 0. The highest BCUT2D eigenvalue weighted by Gasteiger charge is 2.22. The zero-order chi connectivity index (χ0) is 17.1. The van der Waals surface area contributed by atoms with Gasteiger partial charge in [0.25, 0.3) is 0 Å². The molecule has 0 saturated heterocycles. The van der Waals surface area contributed by atoms with Crippen molar-refractivity contribution in [3.8, 4) is 11.3 Å². The van der Waals surface area contributed by atoms with Gasteiger partial charge in [-0.05, 0) is 30.5 Å². The van der Waals surface area contributed by atoms with Crippen LogP contribution in [0.2, 0.25) is 0 Å². The molecule has 2 aromatic carbocycles. The van der Waals surface area contributed by atoms with Gasteiger partial charge in [0.05, 0.1) is 5.69 Å². The van der Waals surface area contributed by atoms with Crippen LogP contribution < -0.4 is 10.6 Å². The molecule has 0 spiro atoms. The Hall–Kier alpha value is -2.95. The summed E-state index contributed by atoms with van der Waals surface area (Å²) in [5.74, 6) is 1.16. The van der Waals surface area contributed by atoms with Gasteiger partial charge in [-0.15, -0.1) is 0 Å². The molecule has 4 rings (SSSR count). The zero-order valence-electron chi connectivity index (χ0n) is 13.7. The van der Waals surface area contributed by atoms with E-state index in [1.807, 2.05) is 36.4 Å². The SMILES string of the molecule is Fc1ccc(CNc2nc(NC3CC3)cc(-c3ccccc3)n2)cc1. The lowest BCUT2D eigenvalue weighted by Gasteiger charge is -2.11. The molecule has 1 fully saturated rings. The van der Waals surface area contributed by atoms with Crippen molar-refractivity contribution in [2.45, 2.75) is 25.4 Å². The van der Waals surface area contributed by atoms with E-state index in [-0.39, 0.29) is 5.82 Å². The second kappa shape index (κ2) is 6.89. The molecule has 126 valence electrons. The highest BCUT2D eigenvalue weighted by Crippen LogP contribution is 2.27. The Morgan fingerprint density at radius 3 is 2.44 bits per heavy atom. The fraction of sp³-hybridized carbons (Fsp3) is 0.200. The lowest BCUT2D eigenvalue weighted by molar-refractivity contribution is 0.627. The summed E-state index contributed by atoms with van der Waals surface area (Å²) in [5, 5.41) is 6.67. The highest BCUT2D eigenvalue weighted by molar-refractivity contribution is 5.64. The van der Waals surface area contributed by atoms with Gasteiger partial charge in [-0.25, -0.2) is 9.37 Å². The maximum Gasteiger partial charge on any atom is 0.225 e. The Morgan fingerprint density at radius 1 is 0.960 bits per heavy atom. The van der Waals surface area contributed by atoms with Gasteiger partial charge in [0.15, 0.2) is 0 Å². The van der Waals surface area contributed by atoms with E-state index in [2.05, 4.69) is 20.6 Å². The van der Waals surface area contributed by atoms with Crippen molar-refractivity contribution in [3.63, 3.8) is 0 Å². The highest BCUT2D eigenvalue weighted by atomic mass is 19.1. The minimum absolute atomic E-state index is 0.234. The molecule has 3 aromatic rings. The van der Waals surface area contributed by atoms with Crippen LogP contribution in [0.3, 0.4) is 0 Å². The van der Waals surface area contributed by atoms with E-state index in [9.17, 15) is 4.39 Å². The van der Waals surface area contributed by atoms with Gasteiger partial charge in [-0.1, -0.05) is 42.5 Å². The van der Waals surface area contributed by atoms with E-state index in [4.69, 9.17) is 0 Å². The van der Waals surface area contributed by atoms with Crippen LogP contribution in [0.15, 0.2) is 60.7 Å². The molecule has 0 bridgehead atoms. The summed E-state index contributed by atoms with van der Waals surface area (Å²) in [6.07, 6.45) is 2.37. The van der Waals surface area contributed by atoms with Crippen molar-refractivity contribution in [1.82, 2.24) is 9.97 Å². The number of hydrogen-bond donors (Lipinski definition) is 2. The number of anilines is 2. The third kappa shape index (κ3) is 4.12. The molecule has 1 aliphatic carbocycles. The third-order valence-corrected chi connectivity index (χ3v) is 4.09. The molecule has 0 amide bonds. The van der Waals surface area contributed by atoms with E-state index >= 15 is 0 Å². The third-order valence-electron chi connectivity index (χ3n) is 4.09. The average molecular weight is 334 g/mol. The molecule has 1 saturated carbocycles. The van der Waals surface area contributed by atoms with Crippen molar-refractivity contribution in [2.75, 3.05) is 10.6 Å². The van der Waals surface area contributed by atoms with Crippen molar-refractivity contribution in [2.24, 2.45) is 0 Å². The average Bonchev–Trinajstić information content (AvgIpc) is 3.46. The van der Waals surface area contributed by atoms with Crippen molar-refractivity contribution < 1.29 is 4.39 Å². The Morgan fingerprint density at radius 2 is 1.72 bits per heavy atom. The summed E-state index contributed by atoms with van der Waals surface area (Å²) < 4.78 is 13.0. The molecule has 5 heteroatoms. The maximum atomic E-state index is 13.0. The summed E-state index contributed by atoms with van der Waals surface area (Å²) in [4.78, 5) is 9.19. The Bertz CT molecular complexity index is 845. The van der Waals surface area contributed by atoms with Gasteiger partial charge in [0, 0.05) is 24.2 Å². The first kappa shape index (κ1) is 15.6. The van der Waals surface area contributed by atoms with Gasteiger partial charge in [0.2, 0.25) is 5.95 Å². The minimum atomic E-state index is -0.234. The minimum Gasteiger partial charge on any atom is -0.367 e. The molecule has 4 nitrogen and oxygen atoms in total. The first-order valence-electron chi connectivity index (χ1n) is 8.46. The number of benzene rings is 2. The van der Waals surface area contributed by atoms with Gasteiger partial charge in [-0.3, -0.25) is 0 Å². The van der Waals surface area contributed by atoms with E-state index in [0.717, 1.165) is 22.6 Å². The molecule has 25 heavy (non-hydrogen) atoms. The molecule has 0 atom stereocenters. The van der Waals surface area contributed by atoms with Gasteiger partial charge in [-0.2, -0.15) is 4.98 Å². The molecule has 1 heterocycles. The van der Waals surface area contributed by atoms with Crippen molar-refractivity contribution in [1.29, 1.82) is 0 Å². The van der Waals surface area contributed by atoms with Crippen LogP contribution in [0.1, 0.15) is 18.4 Å². The number of halogens is 1. The normalized spacial score (nSPS) is 13.5. The Kier molecular flexibility index (Phi) is 4.29.